The Bertz CT molecular complexity index is 742. The summed E-state index contributed by atoms with van der Waals surface area (Å²) in [6, 6.07) is 12.5. The predicted molar refractivity (Wildman–Crippen MR) is 107 cm³/mol. The highest BCUT2D eigenvalue weighted by atomic mass is 32.1. The highest BCUT2D eigenvalue weighted by molar-refractivity contribution is 7.09. The van der Waals surface area contributed by atoms with Crippen molar-refractivity contribution in [1.82, 2.24) is 15.5 Å². The summed E-state index contributed by atoms with van der Waals surface area (Å²) in [6.45, 7) is 5.86. The quantitative estimate of drug-likeness (QED) is 0.582. The molecule has 138 valence electrons. The van der Waals surface area contributed by atoms with Crippen LogP contribution in [0.25, 0.3) is 0 Å². The van der Waals surface area contributed by atoms with E-state index in [1.165, 1.54) is 10.4 Å². The lowest BCUT2D eigenvalue weighted by Gasteiger charge is -2.16. The molecule has 2 aromatic rings. The number of carbonyl (C=O) groups is 1. The molecule has 0 atom stereocenters. The Morgan fingerprint density at radius 1 is 1.23 bits per heavy atom. The molecule has 0 bridgehead atoms. The van der Waals surface area contributed by atoms with Crippen molar-refractivity contribution in [2.24, 2.45) is 4.99 Å². The maximum absolute atomic E-state index is 11.8. The molecule has 3 rings (SSSR count). The Kier molecular flexibility index (Phi) is 6.66. The minimum absolute atomic E-state index is 0.264. The second-order valence-electron chi connectivity index (χ2n) is 6.37. The molecule has 1 aromatic heterocycles. The molecule has 1 aromatic carbocycles. The van der Waals surface area contributed by atoms with Gasteiger partial charge in [0.1, 0.15) is 0 Å². The zero-order chi connectivity index (χ0) is 18.2. The number of hydrogen-bond acceptors (Lipinski definition) is 3. The minimum Gasteiger partial charge on any atom is -0.357 e. The summed E-state index contributed by atoms with van der Waals surface area (Å²) in [7, 11) is 0. The van der Waals surface area contributed by atoms with Crippen molar-refractivity contribution in [1.29, 1.82) is 0 Å². The lowest BCUT2D eigenvalue weighted by molar-refractivity contribution is -0.128. The van der Waals surface area contributed by atoms with Crippen molar-refractivity contribution in [3.05, 3.63) is 57.8 Å². The van der Waals surface area contributed by atoms with E-state index in [4.69, 9.17) is 0 Å². The second-order valence-corrected chi connectivity index (χ2v) is 7.40. The van der Waals surface area contributed by atoms with Crippen molar-refractivity contribution >= 4 is 23.2 Å². The van der Waals surface area contributed by atoms with Crippen LogP contribution in [0.3, 0.4) is 0 Å². The van der Waals surface area contributed by atoms with E-state index < -0.39 is 0 Å². The van der Waals surface area contributed by atoms with Gasteiger partial charge >= 0.3 is 0 Å². The molecule has 0 radical (unpaired) electrons. The molecule has 1 amide bonds. The van der Waals surface area contributed by atoms with Crippen LogP contribution in [0.15, 0.2) is 46.8 Å². The topological polar surface area (TPSA) is 56.7 Å². The molecule has 5 nitrogen and oxygen atoms in total. The number of carbonyl (C=O) groups excluding carboxylic acids is 1. The predicted octanol–water partition coefficient (Wildman–Crippen LogP) is 3.13. The van der Waals surface area contributed by atoms with Gasteiger partial charge in [-0.05, 0) is 35.9 Å². The van der Waals surface area contributed by atoms with Crippen LogP contribution in [0.2, 0.25) is 0 Å². The first kappa shape index (κ1) is 18.5. The van der Waals surface area contributed by atoms with E-state index in [2.05, 4.69) is 58.3 Å². The largest absolute Gasteiger partial charge is 0.357 e. The number of rotatable bonds is 7. The van der Waals surface area contributed by atoms with Gasteiger partial charge in [0.05, 0.1) is 13.1 Å². The zero-order valence-corrected chi connectivity index (χ0v) is 16.0. The Hall–Kier alpha value is -2.34. The van der Waals surface area contributed by atoms with Crippen molar-refractivity contribution < 1.29 is 4.79 Å². The third-order valence-electron chi connectivity index (χ3n) is 4.31. The van der Waals surface area contributed by atoms with Gasteiger partial charge in [0.2, 0.25) is 5.91 Å². The second kappa shape index (κ2) is 9.38. The Morgan fingerprint density at radius 2 is 2.12 bits per heavy atom. The van der Waals surface area contributed by atoms with Crippen LogP contribution >= 0.6 is 11.3 Å². The number of thiophene rings is 1. The number of amides is 1. The van der Waals surface area contributed by atoms with Crippen molar-refractivity contribution in [3.8, 4) is 0 Å². The number of hydrogen-bond donors (Lipinski definition) is 2. The normalized spacial score (nSPS) is 14.7. The summed E-state index contributed by atoms with van der Waals surface area (Å²) in [4.78, 5) is 19.7. The number of aliphatic imine (C=N–C) groups is 1. The van der Waals surface area contributed by atoms with Crippen molar-refractivity contribution in [2.75, 3.05) is 13.1 Å². The molecule has 2 heterocycles. The standard InChI is InChI=1S/C20H26N4OS/c1-2-21-20(23-14-18-8-5-11-26-18)22-13-16-6-3-7-17(12-16)15-24-10-4-9-19(24)25/h3,5-8,11-12H,2,4,9-10,13-15H2,1H3,(H2,21,22,23). The van der Waals surface area contributed by atoms with Crippen LogP contribution < -0.4 is 10.6 Å². The van der Waals surface area contributed by atoms with Crippen LogP contribution in [0.1, 0.15) is 35.8 Å². The van der Waals surface area contributed by atoms with Crippen LogP contribution in [0.4, 0.5) is 0 Å². The first-order valence-electron chi connectivity index (χ1n) is 9.14. The van der Waals surface area contributed by atoms with E-state index in [9.17, 15) is 4.79 Å². The summed E-state index contributed by atoms with van der Waals surface area (Å²) in [5.74, 6) is 1.08. The molecule has 1 fully saturated rings. The Labute approximate surface area is 159 Å². The fraction of sp³-hybridized carbons (Fsp3) is 0.400. The van der Waals surface area contributed by atoms with Gasteiger partial charge < -0.3 is 15.5 Å². The van der Waals surface area contributed by atoms with Gasteiger partial charge in [0, 0.05) is 30.9 Å². The van der Waals surface area contributed by atoms with Crippen LogP contribution in [-0.2, 0) is 24.4 Å². The highest BCUT2D eigenvalue weighted by Crippen LogP contribution is 2.15. The van der Waals surface area contributed by atoms with E-state index >= 15 is 0 Å². The monoisotopic (exact) mass is 370 g/mol. The number of nitrogens with one attached hydrogen (secondary N) is 2. The SMILES string of the molecule is CCNC(=NCc1cccc(CN2CCCC2=O)c1)NCc1cccs1. The number of guanidine groups is 1. The average Bonchev–Trinajstić information content (AvgIpc) is 3.30. The summed E-state index contributed by atoms with van der Waals surface area (Å²) >= 11 is 1.74. The third-order valence-corrected chi connectivity index (χ3v) is 5.19. The Morgan fingerprint density at radius 3 is 2.85 bits per heavy atom. The molecule has 2 N–H and O–H groups in total. The summed E-state index contributed by atoms with van der Waals surface area (Å²) in [6.07, 6.45) is 1.66. The maximum atomic E-state index is 11.8. The van der Waals surface area contributed by atoms with E-state index in [0.717, 1.165) is 37.6 Å². The lowest BCUT2D eigenvalue weighted by Crippen LogP contribution is -2.36. The number of likely N-dealkylation sites (tertiary alicyclic amines) is 1. The molecule has 1 saturated heterocycles. The molecule has 6 heteroatoms. The molecule has 0 spiro atoms. The van der Waals surface area contributed by atoms with Gasteiger partial charge in [-0.1, -0.05) is 30.3 Å². The van der Waals surface area contributed by atoms with E-state index in [1.54, 1.807) is 11.3 Å². The van der Waals surface area contributed by atoms with Crippen molar-refractivity contribution in [3.63, 3.8) is 0 Å². The molecular formula is C20H26N4OS. The molecule has 0 aliphatic carbocycles. The smallest absolute Gasteiger partial charge is 0.222 e. The van der Waals surface area contributed by atoms with Gasteiger partial charge in [-0.3, -0.25) is 4.79 Å². The van der Waals surface area contributed by atoms with Gasteiger partial charge in [-0.15, -0.1) is 11.3 Å². The maximum Gasteiger partial charge on any atom is 0.222 e. The molecule has 26 heavy (non-hydrogen) atoms. The third kappa shape index (κ3) is 5.33. The minimum atomic E-state index is 0.264. The summed E-state index contributed by atoms with van der Waals surface area (Å²) < 4.78 is 0. The summed E-state index contributed by atoms with van der Waals surface area (Å²) in [5.41, 5.74) is 2.33. The molecule has 1 aliphatic heterocycles. The fourth-order valence-electron chi connectivity index (χ4n) is 3.01. The molecular weight excluding hydrogens is 344 g/mol. The van der Waals surface area contributed by atoms with Crippen LogP contribution in [0.5, 0.6) is 0 Å². The highest BCUT2D eigenvalue weighted by Gasteiger charge is 2.19. The van der Waals surface area contributed by atoms with E-state index in [-0.39, 0.29) is 5.91 Å². The van der Waals surface area contributed by atoms with Crippen molar-refractivity contribution in [2.45, 2.75) is 39.4 Å². The van der Waals surface area contributed by atoms with Crippen LogP contribution in [-0.4, -0.2) is 29.9 Å². The summed E-state index contributed by atoms with van der Waals surface area (Å²) in [5, 5.41) is 8.74. The molecule has 1 aliphatic rings. The lowest BCUT2D eigenvalue weighted by atomic mass is 10.1. The molecule has 0 unspecified atom stereocenters. The van der Waals surface area contributed by atoms with Gasteiger partial charge in [0.25, 0.3) is 0 Å². The first-order chi connectivity index (χ1) is 12.7. The van der Waals surface area contributed by atoms with Crippen LogP contribution in [0, 0.1) is 0 Å². The fourth-order valence-corrected chi connectivity index (χ4v) is 3.66. The number of nitrogens with zero attached hydrogens (tertiary/aromatic N) is 2. The Balaban J connectivity index is 1.59. The van der Waals surface area contributed by atoms with Gasteiger partial charge in [-0.25, -0.2) is 4.99 Å². The zero-order valence-electron chi connectivity index (χ0n) is 15.2. The first-order valence-corrected chi connectivity index (χ1v) is 10.0. The van der Waals surface area contributed by atoms with E-state index in [0.29, 0.717) is 19.5 Å². The van der Waals surface area contributed by atoms with Gasteiger partial charge in [-0.2, -0.15) is 0 Å². The van der Waals surface area contributed by atoms with Gasteiger partial charge in [0.15, 0.2) is 5.96 Å². The molecule has 0 saturated carbocycles. The average molecular weight is 371 g/mol. The number of benzene rings is 1. The van der Waals surface area contributed by atoms with E-state index in [1.807, 2.05) is 11.0 Å².